The van der Waals surface area contributed by atoms with Gasteiger partial charge < -0.3 is 4.74 Å². The second kappa shape index (κ2) is 4.51. The fourth-order valence-electron chi connectivity index (χ4n) is 1.93. The molecule has 2 saturated carbocycles. The molecule has 0 radical (unpaired) electrons. The van der Waals surface area contributed by atoms with Gasteiger partial charge in [0.1, 0.15) is 0 Å². The summed E-state index contributed by atoms with van der Waals surface area (Å²) in [5.74, 6) is 0.919. The zero-order chi connectivity index (χ0) is 12.5. The van der Waals surface area contributed by atoms with E-state index in [1.165, 1.54) is 12.8 Å². The molecule has 0 bridgehead atoms. The molecule has 1 heterocycles. The molecule has 0 aromatic carbocycles. The van der Waals surface area contributed by atoms with Gasteiger partial charge in [0.15, 0.2) is 12.4 Å². The number of allylic oxidation sites excluding steroid dienone is 1. The molecule has 2 aliphatic carbocycles. The fourth-order valence-corrected chi connectivity index (χ4v) is 1.93. The van der Waals surface area contributed by atoms with Gasteiger partial charge in [-0.15, -0.1) is 5.10 Å². The predicted molar refractivity (Wildman–Crippen MR) is 62.4 cm³/mol. The van der Waals surface area contributed by atoms with Crippen molar-refractivity contribution in [3.63, 3.8) is 0 Å². The van der Waals surface area contributed by atoms with Gasteiger partial charge >= 0.3 is 5.97 Å². The molecule has 0 unspecified atom stereocenters. The Morgan fingerprint density at radius 2 is 2.22 bits per heavy atom. The Kier molecular flexibility index (Phi) is 2.85. The number of hydrogen-bond donors (Lipinski definition) is 0. The third-order valence-corrected chi connectivity index (χ3v) is 3.36. The van der Waals surface area contributed by atoms with Gasteiger partial charge in [0.05, 0.1) is 6.04 Å². The van der Waals surface area contributed by atoms with Gasteiger partial charge in [-0.25, -0.2) is 9.48 Å². The molecule has 3 rings (SSSR count). The van der Waals surface area contributed by atoms with Gasteiger partial charge in [-0.2, -0.15) is 0 Å². The highest BCUT2D eigenvalue weighted by atomic mass is 16.5. The number of tetrazole rings is 1. The van der Waals surface area contributed by atoms with Gasteiger partial charge in [0, 0.05) is 6.08 Å². The lowest BCUT2D eigenvalue weighted by Gasteiger charge is -2.03. The van der Waals surface area contributed by atoms with Crippen molar-refractivity contribution in [3.8, 4) is 0 Å². The summed E-state index contributed by atoms with van der Waals surface area (Å²) in [4.78, 5) is 11.6. The molecule has 0 amide bonds. The summed E-state index contributed by atoms with van der Waals surface area (Å²) in [6.07, 6.45) is 6.17. The van der Waals surface area contributed by atoms with Gasteiger partial charge in [0.25, 0.3) is 0 Å². The number of hydrogen-bond acceptors (Lipinski definition) is 5. The Morgan fingerprint density at radius 1 is 1.44 bits per heavy atom. The van der Waals surface area contributed by atoms with Crippen LogP contribution < -0.4 is 0 Å². The standard InChI is InChI=1S/C12H16N4O2/c1-8(9-2-3-9)6-12(17)18-7-11-13-14-15-16(11)10-4-5-10/h6,9-10H,2-5,7H2,1H3/b8-6-. The zero-order valence-electron chi connectivity index (χ0n) is 10.4. The maximum Gasteiger partial charge on any atom is 0.331 e. The smallest absolute Gasteiger partial charge is 0.331 e. The highest BCUT2D eigenvalue weighted by Crippen LogP contribution is 2.36. The molecule has 18 heavy (non-hydrogen) atoms. The summed E-state index contributed by atoms with van der Waals surface area (Å²) < 4.78 is 6.93. The molecule has 0 N–H and O–H groups in total. The SMILES string of the molecule is C/C(=C/C(=O)OCc1nnnn1C1CC1)C1CC1. The number of carbonyl (C=O) groups excluding carboxylic acids is 1. The number of nitrogens with zero attached hydrogens (tertiary/aromatic N) is 4. The van der Waals surface area contributed by atoms with Crippen LogP contribution in [-0.2, 0) is 16.1 Å². The van der Waals surface area contributed by atoms with Gasteiger partial charge in [-0.3, -0.25) is 0 Å². The van der Waals surface area contributed by atoms with Gasteiger partial charge in [-0.05, 0) is 49.0 Å². The molecule has 0 saturated heterocycles. The van der Waals surface area contributed by atoms with Crippen LogP contribution in [0.1, 0.15) is 44.5 Å². The molecule has 96 valence electrons. The van der Waals surface area contributed by atoms with Gasteiger partial charge in [-0.1, -0.05) is 5.57 Å². The molecule has 2 fully saturated rings. The molecular formula is C12H16N4O2. The Hall–Kier alpha value is -1.72. The number of rotatable bonds is 5. The van der Waals surface area contributed by atoms with E-state index >= 15 is 0 Å². The minimum atomic E-state index is -0.301. The summed E-state index contributed by atoms with van der Waals surface area (Å²) in [5, 5.41) is 11.4. The second-order valence-electron chi connectivity index (χ2n) is 5.04. The predicted octanol–water partition coefficient (Wildman–Crippen LogP) is 1.41. The van der Waals surface area contributed by atoms with Crippen LogP contribution in [0.3, 0.4) is 0 Å². The quantitative estimate of drug-likeness (QED) is 0.582. The molecular weight excluding hydrogens is 232 g/mol. The monoisotopic (exact) mass is 248 g/mol. The third-order valence-electron chi connectivity index (χ3n) is 3.36. The Balaban J connectivity index is 1.55. The van der Waals surface area contributed by atoms with E-state index in [4.69, 9.17) is 4.74 Å². The largest absolute Gasteiger partial charge is 0.454 e. The van der Waals surface area contributed by atoms with E-state index in [1.54, 1.807) is 10.8 Å². The highest BCUT2D eigenvalue weighted by Gasteiger charge is 2.28. The molecule has 6 nitrogen and oxygen atoms in total. The van der Waals surface area contributed by atoms with Crippen LogP contribution in [0.4, 0.5) is 0 Å². The summed E-state index contributed by atoms with van der Waals surface area (Å²) in [5.41, 5.74) is 1.11. The first-order chi connectivity index (χ1) is 8.74. The summed E-state index contributed by atoms with van der Waals surface area (Å²) in [7, 11) is 0. The van der Waals surface area contributed by atoms with Crippen molar-refractivity contribution in [2.75, 3.05) is 0 Å². The van der Waals surface area contributed by atoms with E-state index in [0.717, 1.165) is 18.4 Å². The van der Waals surface area contributed by atoms with Crippen LogP contribution in [0.25, 0.3) is 0 Å². The van der Waals surface area contributed by atoms with Crippen LogP contribution in [0.5, 0.6) is 0 Å². The number of esters is 1. The van der Waals surface area contributed by atoms with E-state index in [1.807, 2.05) is 6.92 Å². The number of carbonyl (C=O) groups is 1. The summed E-state index contributed by atoms with van der Waals surface area (Å²) in [6.45, 7) is 2.13. The van der Waals surface area contributed by atoms with Gasteiger partial charge in [0.2, 0.25) is 0 Å². The summed E-state index contributed by atoms with van der Waals surface area (Å²) in [6, 6.07) is 0.400. The first-order valence-electron chi connectivity index (χ1n) is 6.35. The van der Waals surface area contributed by atoms with Crippen molar-refractivity contribution in [1.29, 1.82) is 0 Å². The minimum absolute atomic E-state index is 0.150. The average Bonchev–Trinajstić information content (AvgIpc) is 3.24. The number of aromatic nitrogens is 4. The van der Waals surface area contributed by atoms with Crippen molar-refractivity contribution in [2.45, 2.75) is 45.3 Å². The van der Waals surface area contributed by atoms with E-state index in [0.29, 0.717) is 17.8 Å². The van der Waals surface area contributed by atoms with Crippen LogP contribution in [0.15, 0.2) is 11.6 Å². The van der Waals surface area contributed by atoms with Crippen molar-refractivity contribution in [3.05, 3.63) is 17.5 Å². The second-order valence-corrected chi connectivity index (χ2v) is 5.04. The zero-order valence-corrected chi connectivity index (χ0v) is 10.4. The first-order valence-corrected chi connectivity index (χ1v) is 6.35. The van der Waals surface area contributed by atoms with Crippen molar-refractivity contribution < 1.29 is 9.53 Å². The molecule has 1 aromatic rings. The molecule has 6 heteroatoms. The lowest BCUT2D eigenvalue weighted by molar-refractivity contribution is -0.139. The molecule has 2 aliphatic rings. The highest BCUT2D eigenvalue weighted by molar-refractivity contribution is 5.82. The molecule has 1 aromatic heterocycles. The maximum atomic E-state index is 11.6. The van der Waals surface area contributed by atoms with E-state index in [-0.39, 0.29) is 12.6 Å². The Morgan fingerprint density at radius 3 is 2.89 bits per heavy atom. The van der Waals surface area contributed by atoms with Crippen LogP contribution in [-0.4, -0.2) is 26.2 Å². The van der Waals surface area contributed by atoms with E-state index in [2.05, 4.69) is 15.5 Å². The number of ether oxygens (including phenoxy) is 1. The third kappa shape index (κ3) is 2.57. The normalized spacial score (nSPS) is 19.9. The Labute approximate surface area is 105 Å². The molecule has 0 spiro atoms. The maximum absolute atomic E-state index is 11.6. The van der Waals surface area contributed by atoms with Crippen molar-refractivity contribution in [2.24, 2.45) is 5.92 Å². The van der Waals surface area contributed by atoms with E-state index in [9.17, 15) is 4.79 Å². The minimum Gasteiger partial charge on any atom is -0.454 e. The molecule has 0 aliphatic heterocycles. The molecule has 0 atom stereocenters. The van der Waals surface area contributed by atoms with Crippen LogP contribution in [0.2, 0.25) is 0 Å². The lowest BCUT2D eigenvalue weighted by atomic mass is 10.2. The summed E-state index contributed by atoms with van der Waals surface area (Å²) >= 11 is 0. The van der Waals surface area contributed by atoms with Crippen molar-refractivity contribution >= 4 is 5.97 Å². The fraction of sp³-hybridized carbons (Fsp3) is 0.667. The lowest BCUT2D eigenvalue weighted by Crippen LogP contribution is -2.09. The topological polar surface area (TPSA) is 69.9 Å². The van der Waals surface area contributed by atoms with Crippen LogP contribution in [0, 0.1) is 5.92 Å². The van der Waals surface area contributed by atoms with E-state index < -0.39 is 0 Å². The Bertz CT molecular complexity index is 486. The van der Waals surface area contributed by atoms with Crippen molar-refractivity contribution in [1.82, 2.24) is 20.2 Å². The van der Waals surface area contributed by atoms with Crippen LogP contribution >= 0.6 is 0 Å². The average molecular weight is 248 g/mol. The first kappa shape index (κ1) is 11.4.